The summed E-state index contributed by atoms with van der Waals surface area (Å²) in [6.07, 6.45) is -4.23. The number of carboxylic acids is 1. The Kier molecular flexibility index (Phi) is 4.31. The van der Waals surface area contributed by atoms with Gasteiger partial charge in [-0.05, 0) is 30.3 Å². The van der Waals surface area contributed by atoms with Gasteiger partial charge in [-0.2, -0.15) is 24.9 Å². The van der Waals surface area contributed by atoms with E-state index in [0.29, 0.717) is 24.3 Å². The monoisotopic (exact) mass is 242 g/mol. The van der Waals surface area contributed by atoms with E-state index in [4.69, 9.17) is 5.11 Å². The summed E-state index contributed by atoms with van der Waals surface area (Å²) in [4.78, 5) is 10.4. The lowest BCUT2D eigenvalue weighted by atomic mass is 9.84. The predicted octanol–water partition coefficient (Wildman–Crippen LogP) is 2.78. The molecule has 0 spiro atoms. The van der Waals surface area contributed by atoms with Gasteiger partial charge in [0, 0.05) is 0 Å². The lowest BCUT2D eigenvalue weighted by molar-refractivity contribution is -0.196. The molecule has 0 aromatic rings. The van der Waals surface area contributed by atoms with Gasteiger partial charge in [-0.15, -0.1) is 0 Å². The summed E-state index contributed by atoms with van der Waals surface area (Å²) in [5.41, 5.74) is 0. The highest BCUT2D eigenvalue weighted by molar-refractivity contribution is 7.99. The van der Waals surface area contributed by atoms with E-state index < -0.39 is 30.4 Å². The summed E-state index contributed by atoms with van der Waals surface area (Å²) in [5, 5.41) is 8.47. The highest BCUT2D eigenvalue weighted by Crippen LogP contribution is 2.40. The Bertz CT molecular complexity index is 224. The van der Waals surface area contributed by atoms with Crippen LogP contribution in [0.2, 0.25) is 0 Å². The van der Waals surface area contributed by atoms with Gasteiger partial charge in [0.2, 0.25) is 0 Å². The average molecular weight is 242 g/mol. The molecule has 88 valence electrons. The van der Waals surface area contributed by atoms with Crippen LogP contribution in [0.5, 0.6) is 0 Å². The van der Waals surface area contributed by atoms with E-state index in [-0.39, 0.29) is 0 Å². The van der Waals surface area contributed by atoms with Gasteiger partial charge in [0.05, 0.1) is 12.3 Å². The predicted molar refractivity (Wildman–Crippen MR) is 51.8 cm³/mol. The second-order valence-corrected chi connectivity index (χ2v) is 4.92. The van der Waals surface area contributed by atoms with Crippen LogP contribution >= 0.6 is 11.8 Å². The van der Waals surface area contributed by atoms with Gasteiger partial charge >= 0.3 is 12.1 Å². The Morgan fingerprint density at radius 3 is 2.33 bits per heavy atom. The second kappa shape index (κ2) is 5.09. The normalized spacial score (nSPS) is 21.3. The number of thioether (sulfide) groups is 1. The number of hydrogen-bond donors (Lipinski definition) is 1. The summed E-state index contributed by atoms with van der Waals surface area (Å²) in [6.45, 7) is 0. The first kappa shape index (κ1) is 12.7. The van der Waals surface area contributed by atoms with Crippen LogP contribution < -0.4 is 0 Å². The lowest BCUT2D eigenvalue weighted by Crippen LogP contribution is -2.34. The van der Waals surface area contributed by atoms with Crippen molar-refractivity contribution >= 4 is 17.7 Å². The molecule has 1 N–H and O–H groups in total. The van der Waals surface area contributed by atoms with E-state index in [1.165, 1.54) is 0 Å². The number of alkyl halides is 3. The van der Waals surface area contributed by atoms with E-state index in [1.807, 2.05) is 0 Å². The third-order valence-corrected chi connectivity index (χ3v) is 3.70. The van der Waals surface area contributed by atoms with Crippen molar-refractivity contribution in [3.8, 4) is 0 Å². The molecule has 1 saturated heterocycles. The molecule has 2 nitrogen and oxygen atoms in total. The fourth-order valence-electron chi connectivity index (χ4n) is 1.86. The average Bonchev–Trinajstić information content (AvgIpc) is 2.14. The number of rotatable bonds is 3. The smallest absolute Gasteiger partial charge is 0.392 e. The summed E-state index contributed by atoms with van der Waals surface area (Å²) >= 11 is 1.63. The maximum Gasteiger partial charge on any atom is 0.392 e. The highest BCUT2D eigenvalue weighted by atomic mass is 32.2. The third kappa shape index (κ3) is 3.93. The van der Waals surface area contributed by atoms with E-state index in [9.17, 15) is 18.0 Å². The standard InChI is InChI=1S/C9H13F3O2S/c10-9(11,12)7(5-8(13)14)6-1-3-15-4-2-6/h6-7H,1-5H2,(H,13,14). The Morgan fingerprint density at radius 2 is 1.93 bits per heavy atom. The maximum absolute atomic E-state index is 12.6. The first-order chi connectivity index (χ1) is 6.91. The van der Waals surface area contributed by atoms with E-state index >= 15 is 0 Å². The van der Waals surface area contributed by atoms with Crippen LogP contribution in [0.4, 0.5) is 13.2 Å². The Labute approximate surface area is 90.2 Å². The molecule has 1 heterocycles. The SMILES string of the molecule is O=C(O)CC(C1CCSCC1)C(F)(F)F. The summed E-state index contributed by atoms with van der Waals surface area (Å²) in [7, 11) is 0. The van der Waals surface area contributed by atoms with Crippen molar-refractivity contribution < 1.29 is 23.1 Å². The Balaban J connectivity index is 2.66. The van der Waals surface area contributed by atoms with Crippen molar-refractivity contribution in [3.05, 3.63) is 0 Å². The van der Waals surface area contributed by atoms with Crippen molar-refractivity contribution in [2.75, 3.05) is 11.5 Å². The van der Waals surface area contributed by atoms with Crippen molar-refractivity contribution in [3.63, 3.8) is 0 Å². The van der Waals surface area contributed by atoms with Gasteiger partial charge in [-0.1, -0.05) is 0 Å². The molecule has 1 rings (SSSR count). The first-order valence-electron chi connectivity index (χ1n) is 4.77. The molecule has 1 unspecified atom stereocenters. The van der Waals surface area contributed by atoms with E-state index in [1.54, 1.807) is 11.8 Å². The second-order valence-electron chi connectivity index (χ2n) is 3.70. The highest BCUT2D eigenvalue weighted by Gasteiger charge is 2.45. The molecular formula is C9H13F3O2S. The van der Waals surface area contributed by atoms with Crippen LogP contribution in [-0.2, 0) is 4.79 Å². The van der Waals surface area contributed by atoms with Crippen molar-refractivity contribution in [1.82, 2.24) is 0 Å². The van der Waals surface area contributed by atoms with Crippen molar-refractivity contribution in [1.29, 1.82) is 0 Å². The number of aliphatic carboxylic acids is 1. The minimum atomic E-state index is -4.38. The van der Waals surface area contributed by atoms with Crippen LogP contribution in [-0.4, -0.2) is 28.8 Å². The van der Waals surface area contributed by atoms with Crippen LogP contribution in [0.15, 0.2) is 0 Å². The minimum absolute atomic E-state index is 0.474. The van der Waals surface area contributed by atoms with Gasteiger partial charge in [-0.3, -0.25) is 4.79 Å². The molecule has 0 bridgehead atoms. The molecule has 0 amide bonds. The number of carbonyl (C=O) groups is 1. The Hall–Kier alpha value is -0.390. The van der Waals surface area contributed by atoms with Crippen molar-refractivity contribution in [2.45, 2.75) is 25.4 Å². The zero-order valence-corrected chi connectivity index (χ0v) is 8.90. The van der Waals surface area contributed by atoms with Crippen molar-refractivity contribution in [2.24, 2.45) is 11.8 Å². The number of halogens is 3. The fraction of sp³-hybridized carbons (Fsp3) is 0.889. The molecule has 0 aromatic carbocycles. The third-order valence-electron chi connectivity index (χ3n) is 2.65. The van der Waals surface area contributed by atoms with Crippen LogP contribution in [0, 0.1) is 11.8 Å². The lowest BCUT2D eigenvalue weighted by Gasteiger charge is -2.30. The van der Waals surface area contributed by atoms with Gasteiger partial charge in [0.25, 0.3) is 0 Å². The fourth-order valence-corrected chi connectivity index (χ4v) is 3.00. The van der Waals surface area contributed by atoms with Gasteiger partial charge in [0.1, 0.15) is 0 Å². The zero-order valence-electron chi connectivity index (χ0n) is 8.09. The van der Waals surface area contributed by atoms with Gasteiger partial charge in [0.15, 0.2) is 0 Å². The molecule has 0 saturated carbocycles. The van der Waals surface area contributed by atoms with Crippen LogP contribution in [0.3, 0.4) is 0 Å². The van der Waals surface area contributed by atoms with Crippen LogP contribution in [0.25, 0.3) is 0 Å². The number of hydrogen-bond acceptors (Lipinski definition) is 2. The van der Waals surface area contributed by atoms with E-state index in [2.05, 4.69) is 0 Å². The summed E-state index contributed by atoms with van der Waals surface area (Å²) < 4.78 is 37.8. The Morgan fingerprint density at radius 1 is 1.40 bits per heavy atom. The number of carboxylic acid groups (broad SMARTS) is 1. The quantitative estimate of drug-likeness (QED) is 0.826. The molecule has 0 radical (unpaired) electrons. The minimum Gasteiger partial charge on any atom is -0.481 e. The molecule has 1 fully saturated rings. The van der Waals surface area contributed by atoms with Gasteiger partial charge in [-0.25, -0.2) is 0 Å². The van der Waals surface area contributed by atoms with Gasteiger partial charge < -0.3 is 5.11 Å². The first-order valence-corrected chi connectivity index (χ1v) is 5.93. The molecule has 1 aliphatic rings. The topological polar surface area (TPSA) is 37.3 Å². The van der Waals surface area contributed by atoms with E-state index in [0.717, 1.165) is 0 Å². The molecule has 15 heavy (non-hydrogen) atoms. The molecule has 0 aromatic heterocycles. The molecule has 6 heteroatoms. The largest absolute Gasteiger partial charge is 0.481 e. The maximum atomic E-state index is 12.6. The summed E-state index contributed by atoms with van der Waals surface area (Å²) in [6, 6.07) is 0. The molecule has 1 atom stereocenters. The molecular weight excluding hydrogens is 229 g/mol. The summed E-state index contributed by atoms with van der Waals surface area (Å²) in [5.74, 6) is -2.14. The molecule has 0 aliphatic carbocycles. The molecule has 1 aliphatic heterocycles. The zero-order chi connectivity index (χ0) is 11.5. The van der Waals surface area contributed by atoms with Crippen LogP contribution in [0.1, 0.15) is 19.3 Å².